The van der Waals surface area contributed by atoms with Crippen molar-refractivity contribution in [2.45, 2.75) is 38.3 Å². The van der Waals surface area contributed by atoms with E-state index in [2.05, 4.69) is 17.1 Å². The molecular formula is C11H21N3O. The molecule has 2 saturated heterocycles. The summed E-state index contributed by atoms with van der Waals surface area (Å²) in [5, 5.41) is 3.01. The van der Waals surface area contributed by atoms with Crippen molar-refractivity contribution in [2.75, 3.05) is 19.6 Å². The zero-order chi connectivity index (χ0) is 10.8. The Bertz CT molecular complexity index is 244. The molecule has 2 heterocycles. The Labute approximate surface area is 91.2 Å². The first kappa shape index (κ1) is 10.9. The molecule has 86 valence electrons. The lowest BCUT2D eigenvalue weighted by Crippen LogP contribution is -2.50. The predicted molar refractivity (Wildman–Crippen MR) is 59.4 cm³/mol. The van der Waals surface area contributed by atoms with Gasteiger partial charge >= 0.3 is 0 Å². The van der Waals surface area contributed by atoms with E-state index in [0.29, 0.717) is 24.4 Å². The zero-order valence-electron chi connectivity index (χ0n) is 9.41. The maximum atomic E-state index is 11.1. The second-order valence-electron chi connectivity index (χ2n) is 4.99. The highest BCUT2D eigenvalue weighted by molar-refractivity contribution is 5.78. The fourth-order valence-corrected chi connectivity index (χ4v) is 2.46. The molecule has 0 aromatic heterocycles. The number of rotatable bonds is 2. The molecular weight excluding hydrogens is 190 g/mol. The number of piperidine rings is 1. The van der Waals surface area contributed by atoms with E-state index in [1.54, 1.807) is 0 Å². The lowest BCUT2D eigenvalue weighted by molar-refractivity contribution is -0.119. The van der Waals surface area contributed by atoms with Gasteiger partial charge in [-0.25, -0.2) is 0 Å². The first-order valence-electron chi connectivity index (χ1n) is 5.92. The van der Waals surface area contributed by atoms with Gasteiger partial charge in [-0.1, -0.05) is 6.92 Å². The highest BCUT2D eigenvalue weighted by atomic mass is 16.1. The molecule has 2 aliphatic heterocycles. The second-order valence-corrected chi connectivity index (χ2v) is 4.99. The quantitative estimate of drug-likeness (QED) is 0.672. The predicted octanol–water partition coefficient (Wildman–Crippen LogP) is -0.0659. The van der Waals surface area contributed by atoms with Crippen LogP contribution in [-0.2, 0) is 4.79 Å². The maximum Gasteiger partial charge on any atom is 0.220 e. The van der Waals surface area contributed by atoms with Crippen molar-refractivity contribution in [3.8, 4) is 0 Å². The molecule has 0 spiro atoms. The number of nitrogens with two attached hydrogens (primary N) is 1. The lowest BCUT2D eigenvalue weighted by atomic mass is 9.94. The maximum absolute atomic E-state index is 11.1. The number of hydrogen-bond acceptors (Lipinski definition) is 3. The minimum absolute atomic E-state index is 0.203. The van der Waals surface area contributed by atoms with Crippen LogP contribution in [0.3, 0.4) is 0 Å². The Morgan fingerprint density at radius 1 is 1.53 bits per heavy atom. The molecule has 0 aliphatic carbocycles. The summed E-state index contributed by atoms with van der Waals surface area (Å²) in [5.74, 6) is 0.842. The lowest BCUT2D eigenvalue weighted by Gasteiger charge is -2.36. The van der Waals surface area contributed by atoms with Gasteiger partial charge in [-0.3, -0.25) is 9.69 Å². The van der Waals surface area contributed by atoms with Gasteiger partial charge < -0.3 is 11.1 Å². The summed E-state index contributed by atoms with van der Waals surface area (Å²) in [5.41, 5.74) is 6.04. The molecule has 4 nitrogen and oxygen atoms in total. The average molecular weight is 211 g/mol. The van der Waals surface area contributed by atoms with Crippen LogP contribution in [0.1, 0.15) is 26.2 Å². The number of likely N-dealkylation sites (tertiary alicyclic amines) is 1. The number of hydrogen-bond donors (Lipinski definition) is 2. The third-order valence-electron chi connectivity index (χ3n) is 3.66. The van der Waals surface area contributed by atoms with Crippen molar-refractivity contribution in [3.05, 3.63) is 0 Å². The van der Waals surface area contributed by atoms with E-state index in [4.69, 9.17) is 5.73 Å². The van der Waals surface area contributed by atoms with Gasteiger partial charge in [0, 0.05) is 31.6 Å². The van der Waals surface area contributed by atoms with Crippen LogP contribution in [0.5, 0.6) is 0 Å². The van der Waals surface area contributed by atoms with Crippen LogP contribution in [0.2, 0.25) is 0 Å². The van der Waals surface area contributed by atoms with Crippen molar-refractivity contribution in [3.63, 3.8) is 0 Å². The van der Waals surface area contributed by atoms with E-state index in [-0.39, 0.29) is 5.91 Å². The number of carbonyl (C=O) groups is 1. The molecule has 3 unspecified atom stereocenters. The van der Waals surface area contributed by atoms with Crippen LogP contribution < -0.4 is 11.1 Å². The fourth-order valence-electron chi connectivity index (χ4n) is 2.46. The van der Waals surface area contributed by atoms with Gasteiger partial charge in [0.1, 0.15) is 0 Å². The molecule has 15 heavy (non-hydrogen) atoms. The van der Waals surface area contributed by atoms with E-state index < -0.39 is 0 Å². The molecule has 2 rings (SSSR count). The Hall–Kier alpha value is -0.610. The number of amides is 1. The largest absolute Gasteiger partial charge is 0.352 e. The van der Waals surface area contributed by atoms with E-state index in [1.807, 2.05) is 0 Å². The van der Waals surface area contributed by atoms with Crippen molar-refractivity contribution >= 4 is 5.91 Å². The van der Waals surface area contributed by atoms with Gasteiger partial charge in [-0.05, 0) is 25.3 Å². The van der Waals surface area contributed by atoms with Crippen molar-refractivity contribution in [2.24, 2.45) is 11.7 Å². The molecule has 3 atom stereocenters. The van der Waals surface area contributed by atoms with Gasteiger partial charge in [0.2, 0.25) is 5.91 Å². The Morgan fingerprint density at radius 3 is 2.93 bits per heavy atom. The molecule has 4 heteroatoms. The van der Waals surface area contributed by atoms with Gasteiger partial charge in [0.25, 0.3) is 0 Å². The van der Waals surface area contributed by atoms with Crippen LogP contribution in [0.15, 0.2) is 0 Å². The highest BCUT2D eigenvalue weighted by Gasteiger charge is 2.27. The number of nitrogens with one attached hydrogen (secondary N) is 1. The van der Waals surface area contributed by atoms with Gasteiger partial charge in [0.05, 0.1) is 0 Å². The van der Waals surface area contributed by atoms with Gasteiger partial charge in [-0.2, -0.15) is 0 Å². The standard InChI is InChI=1S/C11H21N3O/c1-8-4-5-14(7-10(8)12)6-9-2-3-11(15)13-9/h8-10H,2-7,12H2,1H3,(H,13,15). The van der Waals surface area contributed by atoms with Crippen molar-refractivity contribution < 1.29 is 4.79 Å². The zero-order valence-corrected chi connectivity index (χ0v) is 9.41. The molecule has 0 saturated carbocycles. The normalized spacial score (nSPS) is 38.0. The van der Waals surface area contributed by atoms with E-state index in [9.17, 15) is 4.79 Å². The topological polar surface area (TPSA) is 58.4 Å². The monoisotopic (exact) mass is 211 g/mol. The minimum atomic E-state index is 0.203. The summed E-state index contributed by atoms with van der Waals surface area (Å²) in [4.78, 5) is 13.4. The Kier molecular flexibility index (Phi) is 3.26. The Balaban J connectivity index is 1.78. The molecule has 3 N–H and O–H groups in total. The molecule has 1 amide bonds. The molecule has 0 radical (unpaired) electrons. The van der Waals surface area contributed by atoms with E-state index >= 15 is 0 Å². The Morgan fingerprint density at radius 2 is 2.33 bits per heavy atom. The van der Waals surface area contributed by atoms with Gasteiger partial charge in [-0.15, -0.1) is 0 Å². The molecule has 2 aliphatic rings. The van der Waals surface area contributed by atoms with Crippen LogP contribution >= 0.6 is 0 Å². The van der Waals surface area contributed by atoms with E-state index in [1.165, 1.54) is 6.42 Å². The summed E-state index contributed by atoms with van der Waals surface area (Å²) in [6, 6.07) is 0.661. The third kappa shape index (κ3) is 2.69. The number of nitrogens with zero attached hydrogens (tertiary/aromatic N) is 1. The highest BCUT2D eigenvalue weighted by Crippen LogP contribution is 2.17. The molecule has 0 bridgehead atoms. The first-order chi connectivity index (χ1) is 7.15. The van der Waals surface area contributed by atoms with Crippen molar-refractivity contribution in [1.82, 2.24) is 10.2 Å². The fraction of sp³-hybridized carbons (Fsp3) is 0.909. The van der Waals surface area contributed by atoms with Crippen LogP contribution in [0.4, 0.5) is 0 Å². The summed E-state index contributed by atoms with van der Waals surface area (Å²) < 4.78 is 0. The molecule has 0 aromatic rings. The van der Waals surface area contributed by atoms with Crippen LogP contribution in [0.25, 0.3) is 0 Å². The summed E-state index contributed by atoms with van der Waals surface area (Å²) in [6.07, 6.45) is 2.86. The smallest absolute Gasteiger partial charge is 0.220 e. The van der Waals surface area contributed by atoms with Gasteiger partial charge in [0.15, 0.2) is 0 Å². The number of carbonyl (C=O) groups excluding carboxylic acids is 1. The second kappa shape index (κ2) is 4.49. The summed E-state index contributed by atoms with van der Waals surface area (Å²) in [6.45, 7) is 5.31. The summed E-state index contributed by atoms with van der Waals surface area (Å²) >= 11 is 0. The van der Waals surface area contributed by atoms with E-state index in [0.717, 1.165) is 26.1 Å². The minimum Gasteiger partial charge on any atom is -0.352 e. The molecule has 0 aromatic carbocycles. The SMILES string of the molecule is CC1CCN(CC2CCC(=O)N2)CC1N. The first-order valence-corrected chi connectivity index (χ1v) is 5.92. The average Bonchev–Trinajstić information content (AvgIpc) is 2.58. The third-order valence-corrected chi connectivity index (χ3v) is 3.66. The van der Waals surface area contributed by atoms with Crippen LogP contribution in [-0.4, -0.2) is 42.5 Å². The van der Waals surface area contributed by atoms with Crippen LogP contribution in [0, 0.1) is 5.92 Å². The summed E-state index contributed by atoms with van der Waals surface area (Å²) in [7, 11) is 0. The van der Waals surface area contributed by atoms with Crippen molar-refractivity contribution in [1.29, 1.82) is 0 Å². The molecule has 2 fully saturated rings.